The Bertz CT molecular complexity index is 749. The number of aromatic nitrogens is 2. The molecule has 24 heavy (non-hydrogen) atoms. The van der Waals surface area contributed by atoms with Gasteiger partial charge in [-0.1, -0.05) is 5.16 Å². The average molecular weight is 351 g/mol. The fourth-order valence-corrected chi connectivity index (χ4v) is 2.72. The first-order valence-corrected chi connectivity index (χ1v) is 8.09. The number of carbonyl (C=O) groups is 1. The third-order valence-electron chi connectivity index (χ3n) is 3.28. The van der Waals surface area contributed by atoms with E-state index >= 15 is 0 Å². The summed E-state index contributed by atoms with van der Waals surface area (Å²) in [6.07, 6.45) is 0.623. The number of hydrogen-bond acceptors (Lipinski definition) is 8. The first-order valence-electron chi connectivity index (χ1n) is 7.10. The van der Waals surface area contributed by atoms with E-state index in [4.69, 9.17) is 10.3 Å². The Hall–Kier alpha value is -2.46. The zero-order chi connectivity index (χ0) is 17.7. The van der Waals surface area contributed by atoms with Crippen LogP contribution in [0.1, 0.15) is 29.0 Å². The molecule has 10 heteroatoms. The molecule has 0 spiro atoms. The summed E-state index contributed by atoms with van der Waals surface area (Å²) in [6, 6.07) is 4.32. The van der Waals surface area contributed by atoms with Crippen LogP contribution >= 0.6 is 11.8 Å². The highest BCUT2D eigenvalue weighted by Gasteiger charge is 2.18. The summed E-state index contributed by atoms with van der Waals surface area (Å²) in [7, 11) is 1.84. The van der Waals surface area contributed by atoms with E-state index in [1.54, 1.807) is 0 Å². The molecule has 128 valence electrons. The van der Waals surface area contributed by atoms with E-state index in [2.05, 4.69) is 15.5 Å². The Morgan fingerprint density at radius 2 is 2.29 bits per heavy atom. The van der Waals surface area contributed by atoms with Crippen LogP contribution in [0.3, 0.4) is 0 Å². The van der Waals surface area contributed by atoms with Gasteiger partial charge >= 0.3 is 0 Å². The maximum atomic E-state index is 11.1. The van der Waals surface area contributed by atoms with E-state index in [1.807, 2.05) is 14.0 Å². The van der Waals surface area contributed by atoms with Crippen molar-refractivity contribution in [1.29, 1.82) is 0 Å². The summed E-state index contributed by atoms with van der Waals surface area (Å²) in [5.41, 5.74) is 5.05. The van der Waals surface area contributed by atoms with Crippen molar-refractivity contribution >= 4 is 23.4 Å². The van der Waals surface area contributed by atoms with Crippen LogP contribution in [-0.4, -0.2) is 34.1 Å². The predicted octanol–water partition coefficient (Wildman–Crippen LogP) is 1.52. The zero-order valence-corrected chi connectivity index (χ0v) is 14.0. The minimum absolute atomic E-state index is 0.0900. The lowest BCUT2D eigenvalue weighted by Crippen LogP contribution is -2.24. The van der Waals surface area contributed by atoms with Crippen molar-refractivity contribution in [3.8, 4) is 0 Å². The lowest BCUT2D eigenvalue weighted by atomic mass is 10.2. The Morgan fingerprint density at radius 1 is 1.54 bits per heavy atom. The number of nitrogens with zero attached hydrogens (tertiary/aromatic N) is 3. The molecule has 0 fully saturated rings. The van der Waals surface area contributed by atoms with E-state index in [9.17, 15) is 14.9 Å². The topological polar surface area (TPSA) is 137 Å². The van der Waals surface area contributed by atoms with Crippen LogP contribution in [0.15, 0.2) is 27.6 Å². The third-order valence-corrected chi connectivity index (χ3v) is 4.33. The van der Waals surface area contributed by atoms with Crippen LogP contribution in [-0.2, 0) is 12.2 Å². The van der Waals surface area contributed by atoms with Gasteiger partial charge in [0.05, 0.1) is 15.6 Å². The minimum Gasteiger partial charge on any atom is -0.366 e. The van der Waals surface area contributed by atoms with Crippen molar-refractivity contribution in [2.75, 3.05) is 7.05 Å². The molecule has 0 aliphatic heterocycles. The molecule has 0 radical (unpaired) electrons. The summed E-state index contributed by atoms with van der Waals surface area (Å²) in [6.45, 7) is 1.99. The SMILES string of the molecule is CNC(C)Cc1noc(CSc2ccc(C(N)=O)cc2[N+](=O)[O-])n1. The van der Waals surface area contributed by atoms with E-state index in [0.29, 0.717) is 23.0 Å². The summed E-state index contributed by atoms with van der Waals surface area (Å²) in [5.74, 6) is 0.532. The van der Waals surface area contributed by atoms with Gasteiger partial charge in [-0.05, 0) is 26.1 Å². The van der Waals surface area contributed by atoms with Crippen LogP contribution in [0.2, 0.25) is 0 Å². The maximum Gasteiger partial charge on any atom is 0.283 e. The monoisotopic (exact) mass is 351 g/mol. The summed E-state index contributed by atoms with van der Waals surface area (Å²) in [4.78, 5) is 26.4. The van der Waals surface area contributed by atoms with Gasteiger partial charge in [-0.2, -0.15) is 4.98 Å². The van der Waals surface area contributed by atoms with Gasteiger partial charge in [0.15, 0.2) is 5.82 Å². The molecule has 1 amide bonds. The van der Waals surface area contributed by atoms with Gasteiger partial charge in [0, 0.05) is 24.1 Å². The summed E-state index contributed by atoms with van der Waals surface area (Å²) in [5, 5.41) is 18.1. The molecule has 1 aromatic carbocycles. The standard InChI is InChI=1S/C14H17N5O4S/c1-8(16-2)5-12-17-13(23-18-12)7-24-11-4-3-9(14(15)20)6-10(11)19(21)22/h3-4,6,8,16H,5,7H2,1-2H3,(H2,15,20). The third kappa shape index (κ3) is 4.52. The molecule has 1 heterocycles. The molecule has 0 saturated carbocycles. The maximum absolute atomic E-state index is 11.1. The molecular weight excluding hydrogens is 334 g/mol. The second kappa shape index (κ2) is 7.88. The van der Waals surface area contributed by atoms with Gasteiger partial charge in [-0.15, -0.1) is 11.8 Å². The molecule has 1 unspecified atom stereocenters. The number of rotatable bonds is 8. The van der Waals surface area contributed by atoms with Crippen molar-refractivity contribution < 1.29 is 14.2 Å². The van der Waals surface area contributed by atoms with Crippen molar-refractivity contribution in [3.63, 3.8) is 0 Å². The van der Waals surface area contributed by atoms with Crippen LogP contribution in [0, 0.1) is 10.1 Å². The predicted molar refractivity (Wildman–Crippen MR) is 87.7 cm³/mol. The smallest absolute Gasteiger partial charge is 0.283 e. The Labute approximate surface area is 142 Å². The molecule has 0 saturated heterocycles. The number of amides is 1. The lowest BCUT2D eigenvalue weighted by Gasteiger charge is -2.04. The molecule has 0 aliphatic rings. The molecule has 1 atom stereocenters. The van der Waals surface area contributed by atoms with Crippen LogP contribution in [0.25, 0.3) is 0 Å². The van der Waals surface area contributed by atoms with Crippen molar-refractivity contribution in [1.82, 2.24) is 15.5 Å². The number of carbonyl (C=O) groups excluding carboxylic acids is 1. The zero-order valence-electron chi connectivity index (χ0n) is 13.2. The number of nitrogens with two attached hydrogens (primary N) is 1. The van der Waals surface area contributed by atoms with Crippen LogP contribution in [0.4, 0.5) is 5.69 Å². The van der Waals surface area contributed by atoms with Gasteiger partial charge in [-0.25, -0.2) is 0 Å². The Morgan fingerprint density at radius 3 is 2.92 bits per heavy atom. The molecule has 1 aromatic heterocycles. The summed E-state index contributed by atoms with van der Waals surface area (Å²) < 4.78 is 5.14. The molecule has 9 nitrogen and oxygen atoms in total. The first-order chi connectivity index (χ1) is 11.4. The average Bonchev–Trinajstić information content (AvgIpc) is 2.99. The number of nitro groups is 1. The Kier molecular flexibility index (Phi) is 5.88. The number of nitro benzene ring substituents is 1. The normalized spacial score (nSPS) is 12.1. The molecule has 3 N–H and O–H groups in total. The number of thioether (sulfide) groups is 1. The van der Waals surface area contributed by atoms with E-state index < -0.39 is 10.8 Å². The highest BCUT2D eigenvalue weighted by molar-refractivity contribution is 7.98. The molecule has 2 aromatic rings. The van der Waals surface area contributed by atoms with Gasteiger partial charge in [0.1, 0.15) is 0 Å². The van der Waals surface area contributed by atoms with Gasteiger partial charge < -0.3 is 15.6 Å². The second-order valence-electron chi connectivity index (χ2n) is 5.09. The number of primary amides is 1. The quantitative estimate of drug-likeness (QED) is 0.415. The highest BCUT2D eigenvalue weighted by Crippen LogP contribution is 2.32. The number of likely N-dealkylation sites (N-methyl/N-ethyl adjacent to an activating group) is 1. The molecule has 2 rings (SSSR count). The molecule has 0 bridgehead atoms. The fraction of sp³-hybridized carbons (Fsp3) is 0.357. The van der Waals surface area contributed by atoms with Gasteiger partial charge in [0.25, 0.3) is 5.69 Å². The van der Waals surface area contributed by atoms with Gasteiger partial charge in [0.2, 0.25) is 11.8 Å². The van der Waals surface area contributed by atoms with Crippen LogP contribution < -0.4 is 11.1 Å². The highest BCUT2D eigenvalue weighted by atomic mass is 32.2. The van der Waals surface area contributed by atoms with Crippen molar-refractivity contribution in [2.24, 2.45) is 5.73 Å². The van der Waals surface area contributed by atoms with Gasteiger partial charge in [-0.3, -0.25) is 14.9 Å². The van der Waals surface area contributed by atoms with Crippen molar-refractivity contribution in [2.45, 2.75) is 30.0 Å². The fourth-order valence-electron chi connectivity index (χ4n) is 1.88. The lowest BCUT2D eigenvalue weighted by molar-refractivity contribution is -0.387. The minimum atomic E-state index is -0.713. The van der Waals surface area contributed by atoms with E-state index in [-0.39, 0.29) is 23.0 Å². The van der Waals surface area contributed by atoms with Crippen LogP contribution in [0.5, 0.6) is 0 Å². The van der Waals surface area contributed by atoms with Crippen molar-refractivity contribution in [3.05, 3.63) is 45.6 Å². The number of nitrogens with one attached hydrogen (secondary N) is 1. The van der Waals surface area contributed by atoms with E-state index in [0.717, 1.165) is 0 Å². The first kappa shape index (κ1) is 17.9. The summed E-state index contributed by atoms with van der Waals surface area (Å²) >= 11 is 1.18. The molecule has 0 aliphatic carbocycles. The largest absolute Gasteiger partial charge is 0.366 e. The molecular formula is C14H17N5O4S. The van der Waals surface area contributed by atoms with E-state index in [1.165, 1.54) is 30.0 Å². The second-order valence-corrected chi connectivity index (χ2v) is 6.11. The Balaban J connectivity index is 2.09. The number of benzene rings is 1. The number of hydrogen-bond donors (Lipinski definition) is 2.